The predicted molar refractivity (Wildman–Crippen MR) is 54.0 cm³/mol. The zero-order valence-corrected chi connectivity index (χ0v) is 9.10. The SMILES string of the molecule is C=C(C)CS(=O)(=O)N1CCC(C)C1. The second-order valence-corrected chi connectivity index (χ2v) is 5.93. The summed E-state index contributed by atoms with van der Waals surface area (Å²) in [6.45, 7) is 8.81. The molecule has 1 aliphatic heterocycles. The van der Waals surface area contributed by atoms with Gasteiger partial charge in [-0.3, -0.25) is 0 Å². The molecule has 1 heterocycles. The van der Waals surface area contributed by atoms with Crippen molar-refractivity contribution < 1.29 is 8.42 Å². The summed E-state index contributed by atoms with van der Waals surface area (Å²) in [4.78, 5) is 0. The summed E-state index contributed by atoms with van der Waals surface area (Å²) in [6.07, 6.45) is 0.982. The van der Waals surface area contributed by atoms with Gasteiger partial charge in [0.1, 0.15) is 0 Å². The average Bonchev–Trinajstić information content (AvgIpc) is 2.32. The maximum Gasteiger partial charge on any atom is 0.217 e. The van der Waals surface area contributed by atoms with E-state index in [2.05, 4.69) is 13.5 Å². The Balaban J connectivity index is 2.65. The summed E-state index contributed by atoms with van der Waals surface area (Å²) < 4.78 is 24.9. The molecule has 1 atom stereocenters. The summed E-state index contributed by atoms with van der Waals surface area (Å²) in [6, 6.07) is 0. The van der Waals surface area contributed by atoms with E-state index >= 15 is 0 Å². The first-order chi connectivity index (χ1) is 5.92. The summed E-state index contributed by atoms with van der Waals surface area (Å²) in [5.41, 5.74) is 0.708. The zero-order valence-electron chi connectivity index (χ0n) is 8.28. The maximum atomic E-state index is 11.7. The summed E-state index contributed by atoms with van der Waals surface area (Å²) in [5, 5.41) is 0. The molecule has 0 radical (unpaired) electrons. The van der Waals surface area contributed by atoms with E-state index in [1.165, 1.54) is 0 Å². The highest BCUT2D eigenvalue weighted by Gasteiger charge is 2.28. The molecule has 3 nitrogen and oxygen atoms in total. The molecule has 0 bridgehead atoms. The highest BCUT2D eigenvalue weighted by Crippen LogP contribution is 2.19. The van der Waals surface area contributed by atoms with Crippen LogP contribution in [0.25, 0.3) is 0 Å². The Labute approximate surface area is 80.5 Å². The van der Waals surface area contributed by atoms with Crippen LogP contribution in [0.2, 0.25) is 0 Å². The average molecular weight is 203 g/mol. The van der Waals surface area contributed by atoms with Gasteiger partial charge in [-0.15, -0.1) is 0 Å². The Morgan fingerprint density at radius 2 is 2.23 bits per heavy atom. The lowest BCUT2D eigenvalue weighted by Crippen LogP contribution is -2.31. The fraction of sp³-hybridized carbons (Fsp3) is 0.778. The van der Waals surface area contributed by atoms with Gasteiger partial charge in [-0.1, -0.05) is 19.1 Å². The normalized spacial score (nSPS) is 24.9. The second kappa shape index (κ2) is 3.80. The van der Waals surface area contributed by atoms with Crippen LogP contribution in [-0.4, -0.2) is 31.6 Å². The van der Waals surface area contributed by atoms with E-state index < -0.39 is 10.0 Å². The third-order valence-corrected chi connectivity index (χ3v) is 4.18. The van der Waals surface area contributed by atoms with Crippen LogP contribution in [-0.2, 0) is 10.0 Å². The quantitative estimate of drug-likeness (QED) is 0.647. The molecule has 0 aromatic rings. The van der Waals surface area contributed by atoms with E-state index in [-0.39, 0.29) is 5.75 Å². The van der Waals surface area contributed by atoms with Gasteiger partial charge in [0.15, 0.2) is 0 Å². The van der Waals surface area contributed by atoms with Gasteiger partial charge in [-0.2, -0.15) is 0 Å². The Morgan fingerprint density at radius 1 is 1.62 bits per heavy atom. The van der Waals surface area contributed by atoms with E-state index in [0.717, 1.165) is 6.42 Å². The molecule has 0 saturated carbocycles. The zero-order chi connectivity index (χ0) is 10.1. The highest BCUT2D eigenvalue weighted by molar-refractivity contribution is 7.89. The van der Waals surface area contributed by atoms with Gasteiger partial charge in [-0.25, -0.2) is 12.7 Å². The molecule has 1 rings (SSSR count). The molecule has 76 valence electrons. The third-order valence-electron chi connectivity index (χ3n) is 2.21. The Bertz CT molecular complexity index is 295. The number of hydrogen-bond donors (Lipinski definition) is 0. The number of hydrogen-bond acceptors (Lipinski definition) is 2. The number of sulfonamides is 1. The van der Waals surface area contributed by atoms with Gasteiger partial charge >= 0.3 is 0 Å². The molecule has 1 unspecified atom stereocenters. The van der Waals surface area contributed by atoms with Crippen molar-refractivity contribution in [3.8, 4) is 0 Å². The molecule has 4 heteroatoms. The van der Waals surface area contributed by atoms with Crippen molar-refractivity contribution in [1.82, 2.24) is 4.31 Å². The number of nitrogens with zero attached hydrogens (tertiary/aromatic N) is 1. The third kappa shape index (κ3) is 2.81. The molecule has 0 aromatic carbocycles. The minimum Gasteiger partial charge on any atom is -0.212 e. The molecule has 0 amide bonds. The van der Waals surface area contributed by atoms with Gasteiger partial charge in [-0.05, 0) is 19.3 Å². The van der Waals surface area contributed by atoms with E-state index in [1.54, 1.807) is 11.2 Å². The van der Waals surface area contributed by atoms with Crippen molar-refractivity contribution in [3.05, 3.63) is 12.2 Å². The first-order valence-electron chi connectivity index (χ1n) is 4.54. The van der Waals surface area contributed by atoms with Crippen LogP contribution < -0.4 is 0 Å². The molecule has 1 saturated heterocycles. The Morgan fingerprint density at radius 3 is 2.62 bits per heavy atom. The van der Waals surface area contributed by atoms with Crippen LogP contribution in [0.4, 0.5) is 0 Å². The number of rotatable bonds is 3. The van der Waals surface area contributed by atoms with E-state index in [9.17, 15) is 8.42 Å². The fourth-order valence-electron chi connectivity index (χ4n) is 1.55. The van der Waals surface area contributed by atoms with Crippen molar-refractivity contribution in [2.45, 2.75) is 20.3 Å². The van der Waals surface area contributed by atoms with Gasteiger partial charge < -0.3 is 0 Å². The predicted octanol–water partition coefficient (Wildman–Crippen LogP) is 1.23. The van der Waals surface area contributed by atoms with Crippen LogP contribution in [0.1, 0.15) is 20.3 Å². The van der Waals surface area contributed by atoms with Gasteiger partial charge in [0.25, 0.3) is 0 Å². The van der Waals surface area contributed by atoms with Crippen molar-refractivity contribution in [2.24, 2.45) is 5.92 Å². The van der Waals surface area contributed by atoms with E-state index in [0.29, 0.717) is 24.6 Å². The first kappa shape index (κ1) is 10.7. The highest BCUT2D eigenvalue weighted by atomic mass is 32.2. The van der Waals surface area contributed by atoms with Crippen LogP contribution in [0, 0.1) is 5.92 Å². The van der Waals surface area contributed by atoms with Crippen molar-refractivity contribution in [3.63, 3.8) is 0 Å². The van der Waals surface area contributed by atoms with Crippen LogP contribution >= 0.6 is 0 Å². The van der Waals surface area contributed by atoms with Crippen LogP contribution in [0.15, 0.2) is 12.2 Å². The molecule has 0 spiro atoms. The lowest BCUT2D eigenvalue weighted by Gasteiger charge is -2.15. The molecule has 1 fully saturated rings. The van der Waals surface area contributed by atoms with E-state index in [1.807, 2.05) is 0 Å². The molecular weight excluding hydrogens is 186 g/mol. The molecule has 1 aliphatic rings. The van der Waals surface area contributed by atoms with Gasteiger partial charge in [0.05, 0.1) is 5.75 Å². The largest absolute Gasteiger partial charge is 0.217 e. The fourth-order valence-corrected chi connectivity index (χ4v) is 3.22. The summed E-state index contributed by atoms with van der Waals surface area (Å²) in [5.74, 6) is 0.597. The Kier molecular flexibility index (Phi) is 3.14. The lowest BCUT2D eigenvalue weighted by molar-refractivity contribution is 0.466. The standard InChI is InChI=1S/C9H17NO2S/c1-8(2)7-13(11,12)10-5-4-9(3)6-10/h9H,1,4-7H2,2-3H3. The Hall–Kier alpha value is -0.350. The maximum absolute atomic E-state index is 11.7. The molecular formula is C9H17NO2S. The molecule has 0 aliphatic carbocycles. The van der Waals surface area contributed by atoms with Crippen LogP contribution in [0.3, 0.4) is 0 Å². The lowest BCUT2D eigenvalue weighted by atomic mass is 10.2. The summed E-state index contributed by atoms with van der Waals surface area (Å²) >= 11 is 0. The van der Waals surface area contributed by atoms with E-state index in [4.69, 9.17) is 0 Å². The van der Waals surface area contributed by atoms with Gasteiger partial charge in [0.2, 0.25) is 10.0 Å². The molecule has 0 N–H and O–H groups in total. The minimum atomic E-state index is -3.06. The van der Waals surface area contributed by atoms with Crippen LogP contribution in [0.5, 0.6) is 0 Å². The van der Waals surface area contributed by atoms with Crippen molar-refractivity contribution in [2.75, 3.05) is 18.8 Å². The first-order valence-corrected chi connectivity index (χ1v) is 6.15. The molecule has 0 aromatic heterocycles. The van der Waals surface area contributed by atoms with Crippen molar-refractivity contribution >= 4 is 10.0 Å². The monoisotopic (exact) mass is 203 g/mol. The molecule has 13 heavy (non-hydrogen) atoms. The van der Waals surface area contributed by atoms with Crippen molar-refractivity contribution in [1.29, 1.82) is 0 Å². The smallest absolute Gasteiger partial charge is 0.212 e. The second-order valence-electron chi connectivity index (χ2n) is 3.97. The summed E-state index contributed by atoms with van der Waals surface area (Å²) in [7, 11) is -3.06. The van der Waals surface area contributed by atoms with Gasteiger partial charge in [0, 0.05) is 13.1 Å². The topological polar surface area (TPSA) is 37.4 Å². The minimum absolute atomic E-state index is 0.0969.